The Morgan fingerprint density at radius 3 is 2.11 bits per heavy atom. The highest BCUT2D eigenvalue weighted by Crippen LogP contribution is 2.21. The molecule has 0 aliphatic heterocycles. The topological polar surface area (TPSA) is 83.5 Å². The van der Waals surface area contributed by atoms with Gasteiger partial charge in [0.15, 0.2) is 5.78 Å². The third-order valence-corrected chi connectivity index (χ3v) is 2.76. The summed E-state index contributed by atoms with van der Waals surface area (Å²) in [4.78, 5) is 33.7. The van der Waals surface area contributed by atoms with E-state index in [1.807, 2.05) is 0 Å². The van der Waals surface area contributed by atoms with Gasteiger partial charge in [-0.15, -0.1) is 0 Å². The number of Topliss-reactive ketones (excluding diaryl/α,β-unsaturated/α-hetero) is 1. The molecule has 0 saturated carbocycles. The molecule has 0 radical (unpaired) electrons. The molecule has 0 bridgehead atoms. The fourth-order valence-electron chi connectivity index (χ4n) is 1.47. The number of carbonyl (C=O) groups excluding carboxylic acids is 2. The second-order valence-corrected chi connectivity index (χ2v) is 5.05. The Morgan fingerprint density at radius 1 is 1.16 bits per heavy atom. The third-order valence-electron chi connectivity index (χ3n) is 2.76. The smallest absolute Gasteiger partial charge is 0.309 e. The molecule has 5 heteroatoms. The first-order valence-electron chi connectivity index (χ1n) is 5.86. The summed E-state index contributed by atoms with van der Waals surface area (Å²) in [7, 11) is 0. The van der Waals surface area contributed by atoms with Gasteiger partial charge in [-0.25, -0.2) is 0 Å². The van der Waals surface area contributed by atoms with Gasteiger partial charge in [0.2, 0.25) is 5.91 Å². The SMILES string of the molecule is CC(=O)c1ccc(NC(=O)CC(C)(C)C(=O)O)cc1. The van der Waals surface area contributed by atoms with Crippen molar-refractivity contribution in [2.24, 2.45) is 5.41 Å². The van der Waals surface area contributed by atoms with E-state index < -0.39 is 11.4 Å². The minimum Gasteiger partial charge on any atom is -0.481 e. The number of hydrogen-bond donors (Lipinski definition) is 2. The lowest BCUT2D eigenvalue weighted by Crippen LogP contribution is -2.29. The zero-order valence-corrected chi connectivity index (χ0v) is 11.2. The maximum Gasteiger partial charge on any atom is 0.309 e. The summed E-state index contributed by atoms with van der Waals surface area (Å²) in [5, 5.41) is 11.5. The highest BCUT2D eigenvalue weighted by Gasteiger charge is 2.30. The van der Waals surface area contributed by atoms with Gasteiger partial charge in [-0.05, 0) is 45.0 Å². The minimum atomic E-state index is -1.11. The average Bonchev–Trinajstić information content (AvgIpc) is 2.28. The number of hydrogen-bond acceptors (Lipinski definition) is 3. The number of rotatable bonds is 5. The number of carboxylic acid groups (broad SMARTS) is 1. The zero-order chi connectivity index (χ0) is 14.6. The number of nitrogens with one attached hydrogen (secondary N) is 1. The van der Waals surface area contributed by atoms with Crippen LogP contribution in [0.3, 0.4) is 0 Å². The predicted molar refractivity (Wildman–Crippen MR) is 71.1 cm³/mol. The zero-order valence-electron chi connectivity index (χ0n) is 11.2. The molecule has 1 amide bonds. The molecule has 0 aliphatic carbocycles. The highest BCUT2D eigenvalue weighted by atomic mass is 16.4. The van der Waals surface area contributed by atoms with E-state index in [0.29, 0.717) is 11.3 Å². The van der Waals surface area contributed by atoms with Crippen molar-refractivity contribution in [3.8, 4) is 0 Å². The molecule has 1 aromatic rings. The van der Waals surface area contributed by atoms with E-state index in [1.165, 1.54) is 20.8 Å². The van der Waals surface area contributed by atoms with Crippen LogP contribution in [0.2, 0.25) is 0 Å². The molecule has 5 nitrogen and oxygen atoms in total. The lowest BCUT2D eigenvalue weighted by atomic mass is 9.89. The molecule has 0 saturated heterocycles. The molecule has 102 valence electrons. The van der Waals surface area contributed by atoms with Crippen molar-refractivity contribution in [2.75, 3.05) is 5.32 Å². The van der Waals surface area contributed by atoms with Gasteiger partial charge in [0.25, 0.3) is 0 Å². The van der Waals surface area contributed by atoms with E-state index in [-0.39, 0.29) is 18.1 Å². The molecule has 0 fully saturated rings. The lowest BCUT2D eigenvalue weighted by molar-refractivity contribution is -0.148. The summed E-state index contributed by atoms with van der Waals surface area (Å²) in [6, 6.07) is 6.45. The van der Waals surface area contributed by atoms with Crippen molar-refractivity contribution >= 4 is 23.3 Å². The van der Waals surface area contributed by atoms with Crippen LogP contribution in [0.5, 0.6) is 0 Å². The van der Waals surface area contributed by atoms with E-state index >= 15 is 0 Å². The molecular weight excluding hydrogens is 246 g/mol. The van der Waals surface area contributed by atoms with Gasteiger partial charge in [0.05, 0.1) is 5.41 Å². The van der Waals surface area contributed by atoms with Crippen molar-refractivity contribution < 1.29 is 19.5 Å². The van der Waals surface area contributed by atoms with E-state index in [1.54, 1.807) is 24.3 Å². The van der Waals surface area contributed by atoms with Crippen molar-refractivity contribution in [2.45, 2.75) is 27.2 Å². The standard InChI is InChI=1S/C14H17NO4/c1-9(16)10-4-6-11(7-5-10)15-12(17)8-14(2,3)13(18)19/h4-7H,8H2,1-3H3,(H,15,17)(H,18,19). The van der Waals surface area contributed by atoms with E-state index in [2.05, 4.69) is 5.32 Å². The van der Waals surface area contributed by atoms with E-state index in [0.717, 1.165) is 0 Å². The Labute approximate surface area is 111 Å². The first-order chi connectivity index (χ1) is 8.72. The molecule has 0 atom stereocenters. The summed E-state index contributed by atoms with van der Waals surface area (Å²) < 4.78 is 0. The molecule has 0 aromatic heterocycles. The number of anilines is 1. The Morgan fingerprint density at radius 2 is 1.68 bits per heavy atom. The van der Waals surface area contributed by atoms with Crippen LogP contribution in [0.15, 0.2) is 24.3 Å². The Kier molecular flexibility index (Phi) is 4.43. The summed E-state index contributed by atoms with van der Waals surface area (Å²) in [5.74, 6) is -1.44. The van der Waals surface area contributed by atoms with Gasteiger partial charge in [0.1, 0.15) is 0 Å². The van der Waals surface area contributed by atoms with Crippen molar-refractivity contribution in [3.63, 3.8) is 0 Å². The number of carbonyl (C=O) groups is 3. The van der Waals surface area contributed by atoms with Crippen LogP contribution in [0.4, 0.5) is 5.69 Å². The highest BCUT2D eigenvalue weighted by molar-refractivity contribution is 5.96. The molecule has 0 spiro atoms. The molecule has 19 heavy (non-hydrogen) atoms. The molecule has 2 N–H and O–H groups in total. The monoisotopic (exact) mass is 263 g/mol. The largest absolute Gasteiger partial charge is 0.481 e. The van der Waals surface area contributed by atoms with Crippen LogP contribution in [0, 0.1) is 5.41 Å². The molecular formula is C14H17NO4. The lowest BCUT2D eigenvalue weighted by Gasteiger charge is -2.18. The van der Waals surface area contributed by atoms with Crippen LogP contribution in [-0.4, -0.2) is 22.8 Å². The first kappa shape index (κ1) is 14.9. The second-order valence-electron chi connectivity index (χ2n) is 5.05. The van der Waals surface area contributed by atoms with Crippen LogP contribution < -0.4 is 5.32 Å². The van der Waals surface area contributed by atoms with Gasteiger partial charge in [-0.1, -0.05) is 0 Å². The van der Waals surface area contributed by atoms with Gasteiger partial charge < -0.3 is 10.4 Å². The van der Waals surface area contributed by atoms with Crippen molar-refractivity contribution in [1.29, 1.82) is 0 Å². The third kappa shape index (κ3) is 4.21. The van der Waals surface area contributed by atoms with Crippen molar-refractivity contribution in [3.05, 3.63) is 29.8 Å². The minimum absolute atomic E-state index is 0.0510. The summed E-state index contributed by atoms with van der Waals surface area (Å²) >= 11 is 0. The van der Waals surface area contributed by atoms with Gasteiger partial charge in [-0.2, -0.15) is 0 Å². The van der Waals surface area contributed by atoms with Gasteiger partial charge in [0, 0.05) is 17.7 Å². The van der Waals surface area contributed by atoms with Crippen LogP contribution in [-0.2, 0) is 9.59 Å². The fourth-order valence-corrected chi connectivity index (χ4v) is 1.47. The normalized spacial score (nSPS) is 10.9. The quantitative estimate of drug-likeness (QED) is 0.798. The predicted octanol–water partition coefficient (Wildman–Crippen LogP) is 2.33. The molecule has 0 unspecified atom stereocenters. The number of carboxylic acids is 1. The number of benzene rings is 1. The Balaban J connectivity index is 2.67. The Bertz CT molecular complexity index is 503. The van der Waals surface area contributed by atoms with E-state index in [4.69, 9.17) is 5.11 Å². The molecule has 1 rings (SSSR count). The molecule has 0 aliphatic rings. The van der Waals surface area contributed by atoms with Gasteiger partial charge in [-0.3, -0.25) is 14.4 Å². The number of amides is 1. The van der Waals surface area contributed by atoms with Crippen LogP contribution in [0.25, 0.3) is 0 Å². The maximum absolute atomic E-state index is 11.7. The summed E-state index contributed by atoms with van der Waals surface area (Å²) in [5.41, 5.74) is -0.0105. The summed E-state index contributed by atoms with van der Waals surface area (Å²) in [6.07, 6.45) is -0.114. The van der Waals surface area contributed by atoms with Gasteiger partial charge >= 0.3 is 5.97 Å². The summed E-state index contributed by atoms with van der Waals surface area (Å²) in [6.45, 7) is 4.45. The van der Waals surface area contributed by atoms with Crippen LogP contribution >= 0.6 is 0 Å². The van der Waals surface area contributed by atoms with E-state index in [9.17, 15) is 14.4 Å². The average molecular weight is 263 g/mol. The first-order valence-corrected chi connectivity index (χ1v) is 5.86. The number of ketones is 1. The Hall–Kier alpha value is -2.17. The number of aliphatic carboxylic acids is 1. The fraction of sp³-hybridized carbons (Fsp3) is 0.357. The second kappa shape index (κ2) is 5.65. The molecule has 0 heterocycles. The van der Waals surface area contributed by atoms with Crippen LogP contribution in [0.1, 0.15) is 37.6 Å². The molecule has 1 aromatic carbocycles. The van der Waals surface area contributed by atoms with Crippen molar-refractivity contribution in [1.82, 2.24) is 0 Å². The maximum atomic E-state index is 11.7.